The van der Waals surface area contributed by atoms with Gasteiger partial charge in [0.25, 0.3) is 5.91 Å². The summed E-state index contributed by atoms with van der Waals surface area (Å²) < 4.78 is 5.47. The van der Waals surface area contributed by atoms with Crippen LogP contribution in [0.5, 0.6) is 5.75 Å². The monoisotopic (exact) mass is 368 g/mol. The summed E-state index contributed by atoms with van der Waals surface area (Å²) in [6.07, 6.45) is 3.70. The van der Waals surface area contributed by atoms with Crippen LogP contribution < -0.4 is 10.1 Å². The second-order valence-electron chi connectivity index (χ2n) is 6.54. The summed E-state index contributed by atoms with van der Waals surface area (Å²) in [5, 5.41) is 3.67. The van der Waals surface area contributed by atoms with Crippen LogP contribution in [0.2, 0.25) is 5.02 Å². The minimum Gasteiger partial charge on any atom is -0.484 e. The third kappa shape index (κ3) is 5.30. The number of nitrogens with one attached hydrogen (secondary N) is 1. The molecule has 1 aromatic rings. The van der Waals surface area contributed by atoms with Crippen LogP contribution >= 0.6 is 23.4 Å². The van der Waals surface area contributed by atoms with E-state index in [1.807, 2.05) is 0 Å². The lowest BCUT2D eigenvalue weighted by Crippen LogP contribution is -2.44. The maximum Gasteiger partial charge on any atom is 0.257 e. The van der Waals surface area contributed by atoms with Gasteiger partial charge in [0.2, 0.25) is 0 Å². The maximum absolute atomic E-state index is 11.9. The molecular weight excluding hydrogens is 344 g/mol. The average molecular weight is 369 g/mol. The Bertz CT molecular complexity index is 526. The molecule has 1 amide bonds. The van der Waals surface area contributed by atoms with Gasteiger partial charge >= 0.3 is 0 Å². The zero-order chi connectivity index (χ0) is 16.8. The largest absolute Gasteiger partial charge is 0.484 e. The van der Waals surface area contributed by atoms with Gasteiger partial charge in [0.05, 0.1) is 0 Å². The molecule has 1 unspecified atom stereocenters. The van der Waals surface area contributed by atoms with Gasteiger partial charge in [-0.25, -0.2) is 0 Å². The Hall–Kier alpha value is -0.910. The highest BCUT2D eigenvalue weighted by Crippen LogP contribution is 2.26. The van der Waals surface area contributed by atoms with Gasteiger partial charge in [0.15, 0.2) is 6.61 Å². The van der Waals surface area contributed by atoms with Crippen LogP contribution in [-0.2, 0) is 4.79 Å². The number of carbonyl (C=O) groups excluding carboxylic acids is 1. The number of hydrogen-bond acceptors (Lipinski definition) is 4. The molecule has 2 heterocycles. The van der Waals surface area contributed by atoms with Crippen LogP contribution in [0.15, 0.2) is 24.3 Å². The first kappa shape index (κ1) is 17.9. The number of amides is 1. The molecule has 0 saturated carbocycles. The van der Waals surface area contributed by atoms with E-state index in [4.69, 9.17) is 16.3 Å². The van der Waals surface area contributed by atoms with Gasteiger partial charge in [0, 0.05) is 23.4 Å². The fourth-order valence-corrected chi connectivity index (χ4v) is 4.70. The van der Waals surface area contributed by atoms with Gasteiger partial charge in [0.1, 0.15) is 5.75 Å². The molecule has 2 saturated heterocycles. The van der Waals surface area contributed by atoms with Crippen molar-refractivity contribution in [1.29, 1.82) is 0 Å². The lowest BCUT2D eigenvalue weighted by atomic mass is 9.95. The normalized spacial score (nSPS) is 22.5. The Morgan fingerprint density at radius 2 is 2.00 bits per heavy atom. The fraction of sp³-hybridized carbons (Fsp3) is 0.611. The number of hydrogen-bond donors (Lipinski definition) is 1. The standard InChI is InChI=1S/C18H25ClN2O2S/c19-15-1-3-17(4-2-15)23-12-18(22)20-11-14-5-8-21(9-6-14)16-7-10-24-13-16/h1-4,14,16H,5-13H2,(H,20,22). The molecule has 24 heavy (non-hydrogen) atoms. The van der Waals surface area contributed by atoms with Crippen LogP contribution in [-0.4, -0.2) is 54.6 Å². The summed E-state index contributed by atoms with van der Waals surface area (Å²) in [4.78, 5) is 14.6. The SMILES string of the molecule is O=C(COc1ccc(Cl)cc1)NCC1CCN(C2CCSC2)CC1. The minimum absolute atomic E-state index is 0.0553. The number of benzene rings is 1. The third-order valence-electron chi connectivity index (χ3n) is 4.84. The number of halogens is 1. The van der Waals surface area contributed by atoms with E-state index in [0.29, 0.717) is 16.7 Å². The van der Waals surface area contributed by atoms with Crippen molar-refractivity contribution < 1.29 is 9.53 Å². The molecule has 4 nitrogen and oxygen atoms in total. The van der Waals surface area contributed by atoms with E-state index in [1.54, 1.807) is 24.3 Å². The number of nitrogens with zero attached hydrogens (tertiary/aromatic N) is 1. The Labute approximate surface area is 153 Å². The molecule has 0 bridgehead atoms. The Kier molecular flexibility index (Phi) is 6.69. The highest BCUT2D eigenvalue weighted by Gasteiger charge is 2.27. The zero-order valence-electron chi connectivity index (χ0n) is 13.9. The van der Waals surface area contributed by atoms with Crippen LogP contribution in [0, 0.1) is 5.92 Å². The zero-order valence-corrected chi connectivity index (χ0v) is 15.5. The number of rotatable bonds is 6. The smallest absolute Gasteiger partial charge is 0.257 e. The van der Waals surface area contributed by atoms with Crippen molar-refractivity contribution in [2.75, 3.05) is 37.7 Å². The number of likely N-dealkylation sites (tertiary alicyclic amines) is 1. The minimum atomic E-state index is -0.0560. The first-order valence-corrected chi connectivity index (χ1v) is 10.2. The summed E-state index contributed by atoms with van der Waals surface area (Å²) in [5.41, 5.74) is 0. The molecular formula is C18H25ClN2O2S. The van der Waals surface area contributed by atoms with Crippen molar-refractivity contribution >= 4 is 29.3 Å². The highest BCUT2D eigenvalue weighted by atomic mass is 35.5. The van der Waals surface area contributed by atoms with E-state index in [-0.39, 0.29) is 12.5 Å². The lowest BCUT2D eigenvalue weighted by Gasteiger charge is -2.35. The van der Waals surface area contributed by atoms with Crippen LogP contribution in [0.25, 0.3) is 0 Å². The summed E-state index contributed by atoms with van der Waals surface area (Å²) in [6, 6.07) is 7.84. The first-order chi connectivity index (χ1) is 11.7. The molecule has 2 fully saturated rings. The summed E-state index contributed by atoms with van der Waals surface area (Å²) in [5.74, 6) is 3.81. The average Bonchev–Trinajstić information content (AvgIpc) is 3.14. The van der Waals surface area contributed by atoms with Gasteiger partial charge in [-0.05, 0) is 68.3 Å². The molecule has 0 spiro atoms. The Morgan fingerprint density at radius 3 is 2.67 bits per heavy atom. The van der Waals surface area contributed by atoms with E-state index in [0.717, 1.165) is 12.6 Å². The molecule has 3 rings (SSSR count). The van der Waals surface area contributed by atoms with E-state index in [9.17, 15) is 4.79 Å². The van der Waals surface area contributed by atoms with E-state index in [1.165, 1.54) is 43.9 Å². The van der Waals surface area contributed by atoms with Crippen molar-refractivity contribution in [1.82, 2.24) is 10.2 Å². The number of ether oxygens (including phenoxy) is 1. The number of piperidine rings is 1. The second kappa shape index (κ2) is 8.97. The molecule has 2 aliphatic rings. The van der Waals surface area contributed by atoms with Crippen molar-refractivity contribution in [2.24, 2.45) is 5.92 Å². The topological polar surface area (TPSA) is 41.6 Å². The van der Waals surface area contributed by atoms with Gasteiger partial charge in [-0.2, -0.15) is 11.8 Å². The van der Waals surface area contributed by atoms with E-state index >= 15 is 0 Å². The molecule has 132 valence electrons. The van der Waals surface area contributed by atoms with Crippen molar-refractivity contribution in [3.8, 4) is 5.75 Å². The third-order valence-corrected chi connectivity index (χ3v) is 6.24. The first-order valence-electron chi connectivity index (χ1n) is 8.67. The van der Waals surface area contributed by atoms with Crippen LogP contribution in [0.4, 0.5) is 0 Å². The summed E-state index contributed by atoms with van der Waals surface area (Å²) in [6.45, 7) is 3.16. The van der Waals surface area contributed by atoms with Gasteiger partial charge in [-0.3, -0.25) is 9.69 Å². The highest BCUT2D eigenvalue weighted by molar-refractivity contribution is 7.99. The molecule has 0 radical (unpaired) electrons. The lowest BCUT2D eigenvalue weighted by molar-refractivity contribution is -0.123. The predicted molar refractivity (Wildman–Crippen MR) is 100.0 cm³/mol. The molecule has 6 heteroatoms. The van der Waals surface area contributed by atoms with E-state index < -0.39 is 0 Å². The Morgan fingerprint density at radius 1 is 1.25 bits per heavy atom. The predicted octanol–water partition coefficient (Wildman–Crippen LogP) is 3.05. The van der Waals surface area contributed by atoms with Crippen molar-refractivity contribution in [3.63, 3.8) is 0 Å². The van der Waals surface area contributed by atoms with Crippen LogP contribution in [0.1, 0.15) is 19.3 Å². The van der Waals surface area contributed by atoms with Crippen LogP contribution in [0.3, 0.4) is 0 Å². The van der Waals surface area contributed by atoms with Crippen molar-refractivity contribution in [2.45, 2.75) is 25.3 Å². The molecule has 2 aliphatic heterocycles. The number of thioether (sulfide) groups is 1. The van der Waals surface area contributed by atoms with Gasteiger partial charge in [-0.1, -0.05) is 11.6 Å². The molecule has 1 aromatic carbocycles. The molecule has 1 atom stereocenters. The maximum atomic E-state index is 11.9. The number of carbonyl (C=O) groups is 1. The fourth-order valence-electron chi connectivity index (χ4n) is 3.32. The second-order valence-corrected chi connectivity index (χ2v) is 8.13. The van der Waals surface area contributed by atoms with E-state index in [2.05, 4.69) is 22.0 Å². The van der Waals surface area contributed by atoms with Gasteiger partial charge in [-0.15, -0.1) is 0 Å². The van der Waals surface area contributed by atoms with Crippen molar-refractivity contribution in [3.05, 3.63) is 29.3 Å². The summed E-state index contributed by atoms with van der Waals surface area (Å²) in [7, 11) is 0. The molecule has 0 aliphatic carbocycles. The molecule has 0 aromatic heterocycles. The quantitative estimate of drug-likeness (QED) is 0.837. The van der Waals surface area contributed by atoms with Gasteiger partial charge < -0.3 is 10.1 Å². The Balaban J connectivity index is 1.31. The summed E-state index contributed by atoms with van der Waals surface area (Å²) >= 11 is 7.90. The molecule has 1 N–H and O–H groups in total.